The number of thiophene rings is 1. The van der Waals surface area contributed by atoms with Gasteiger partial charge in [-0.05, 0) is 49.3 Å². The second kappa shape index (κ2) is 9.00. The molecular weight excluding hydrogens is 324 g/mol. The molecule has 2 aliphatic rings. The van der Waals surface area contributed by atoms with Crippen LogP contribution in [-0.2, 0) is 11.3 Å². The Morgan fingerprint density at radius 1 is 1.22 bits per heavy atom. The number of rotatable bonds is 5. The Balaban J connectivity index is 1.59. The Kier molecular flexibility index (Phi) is 6.72. The lowest BCUT2D eigenvalue weighted by Gasteiger charge is -2.30. The summed E-state index contributed by atoms with van der Waals surface area (Å²) in [5.74, 6) is 0. The minimum Gasteiger partial charge on any atom is -0.376 e. The zero-order chi connectivity index (χ0) is 15.9. The molecule has 0 spiro atoms. The number of nitrogens with one attached hydrogen (secondary N) is 1. The number of thiocarbonyl (C=S) groups is 1. The second-order valence-corrected chi connectivity index (χ2v) is 8.15. The van der Waals surface area contributed by atoms with E-state index in [-0.39, 0.29) is 0 Å². The van der Waals surface area contributed by atoms with E-state index in [1.54, 1.807) is 11.3 Å². The summed E-state index contributed by atoms with van der Waals surface area (Å²) in [6.07, 6.45) is 10.6. The fourth-order valence-corrected chi connectivity index (χ4v) is 4.56. The van der Waals surface area contributed by atoms with Gasteiger partial charge in [-0.25, -0.2) is 0 Å². The van der Waals surface area contributed by atoms with Gasteiger partial charge >= 0.3 is 0 Å². The van der Waals surface area contributed by atoms with Crippen LogP contribution in [0.5, 0.6) is 0 Å². The van der Waals surface area contributed by atoms with E-state index in [0.29, 0.717) is 12.1 Å². The fourth-order valence-electron chi connectivity index (χ4n) is 3.53. The van der Waals surface area contributed by atoms with Crippen molar-refractivity contribution in [3.63, 3.8) is 0 Å². The van der Waals surface area contributed by atoms with Gasteiger partial charge < -0.3 is 15.0 Å². The highest BCUT2D eigenvalue weighted by atomic mass is 32.1. The number of nitrogens with zero attached hydrogens (tertiary/aromatic N) is 1. The lowest BCUT2D eigenvalue weighted by atomic mass is 10.1. The van der Waals surface area contributed by atoms with Crippen molar-refractivity contribution < 1.29 is 4.74 Å². The van der Waals surface area contributed by atoms with E-state index in [4.69, 9.17) is 17.0 Å². The Bertz CT molecular complexity index is 463. The summed E-state index contributed by atoms with van der Waals surface area (Å²) in [7, 11) is 0. The molecule has 0 radical (unpaired) electrons. The van der Waals surface area contributed by atoms with Crippen molar-refractivity contribution in [3.05, 3.63) is 22.4 Å². The Labute approximate surface area is 149 Å². The van der Waals surface area contributed by atoms with Crippen LogP contribution >= 0.6 is 23.6 Å². The van der Waals surface area contributed by atoms with Crippen LogP contribution in [0.3, 0.4) is 0 Å². The van der Waals surface area contributed by atoms with Crippen LogP contribution < -0.4 is 5.32 Å². The molecule has 0 amide bonds. The van der Waals surface area contributed by atoms with E-state index in [0.717, 1.165) is 31.2 Å². The van der Waals surface area contributed by atoms with Gasteiger partial charge in [0.05, 0.1) is 12.6 Å². The third-order valence-corrected chi connectivity index (χ3v) is 6.08. The largest absolute Gasteiger partial charge is 0.376 e. The molecule has 1 saturated carbocycles. The Morgan fingerprint density at radius 2 is 2.04 bits per heavy atom. The van der Waals surface area contributed by atoms with Gasteiger partial charge in [-0.15, -0.1) is 11.3 Å². The molecule has 1 aromatic heterocycles. The molecule has 1 atom stereocenters. The molecule has 2 fully saturated rings. The minimum absolute atomic E-state index is 0.337. The first-order valence-corrected chi connectivity index (χ1v) is 10.3. The summed E-state index contributed by atoms with van der Waals surface area (Å²) in [4.78, 5) is 3.69. The highest BCUT2D eigenvalue weighted by Crippen LogP contribution is 2.20. The molecule has 1 N–H and O–H groups in total. The highest BCUT2D eigenvalue weighted by Gasteiger charge is 2.23. The molecule has 5 heteroatoms. The third kappa shape index (κ3) is 5.44. The van der Waals surface area contributed by atoms with Crippen molar-refractivity contribution in [3.8, 4) is 0 Å². The minimum atomic E-state index is 0.337. The van der Waals surface area contributed by atoms with Gasteiger partial charge in [-0.3, -0.25) is 0 Å². The molecule has 0 bridgehead atoms. The van der Waals surface area contributed by atoms with Gasteiger partial charge in [0.25, 0.3) is 0 Å². The molecule has 3 nitrogen and oxygen atoms in total. The van der Waals surface area contributed by atoms with Crippen LogP contribution in [-0.4, -0.2) is 35.3 Å². The summed E-state index contributed by atoms with van der Waals surface area (Å²) in [6.45, 7) is 2.72. The standard InChI is InChI=1S/C18H28N2OS2/c22-18(19-15-7-3-1-2-4-8-15)20(13-16-9-5-11-21-16)14-17-10-6-12-23-17/h6,10,12,15-16H,1-5,7-9,11,13-14H2,(H,19,22)/t16-/m1/s1. The summed E-state index contributed by atoms with van der Waals surface area (Å²) in [6, 6.07) is 4.87. The smallest absolute Gasteiger partial charge is 0.169 e. The van der Waals surface area contributed by atoms with Crippen LogP contribution in [0, 0.1) is 0 Å². The lowest BCUT2D eigenvalue weighted by molar-refractivity contribution is 0.0897. The van der Waals surface area contributed by atoms with E-state index in [2.05, 4.69) is 27.7 Å². The summed E-state index contributed by atoms with van der Waals surface area (Å²) in [5.41, 5.74) is 0. The molecule has 1 saturated heterocycles. The lowest BCUT2D eigenvalue weighted by Crippen LogP contribution is -2.46. The van der Waals surface area contributed by atoms with Gasteiger partial charge in [-0.2, -0.15) is 0 Å². The molecule has 2 heterocycles. The molecular formula is C18H28N2OS2. The van der Waals surface area contributed by atoms with Gasteiger partial charge in [0.15, 0.2) is 5.11 Å². The van der Waals surface area contributed by atoms with Crippen LogP contribution in [0.15, 0.2) is 17.5 Å². The van der Waals surface area contributed by atoms with E-state index in [1.807, 2.05) is 0 Å². The van der Waals surface area contributed by atoms with Crippen molar-refractivity contribution in [2.24, 2.45) is 0 Å². The summed E-state index contributed by atoms with van der Waals surface area (Å²) in [5, 5.41) is 6.71. The number of hydrogen-bond acceptors (Lipinski definition) is 3. The number of hydrogen-bond donors (Lipinski definition) is 1. The Morgan fingerprint density at radius 3 is 2.70 bits per heavy atom. The predicted octanol–water partition coefficient (Wildman–Crippen LogP) is 4.33. The van der Waals surface area contributed by atoms with Gasteiger partial charge in [0, 0.05) is 24.1 Å². The third-order valence-electron chi connectivity index (χ3n) is 4.84. The number of ether oxygens (including phenoxy) is 1. The molecule has 3 rings (SSSR count). The van der Waals surface area contributed by atoms with Crippen molar-refractivity contribution in [1.29, 1.82) is 0 Å². The van der Waals surface area contributed by atoms with Crippen LogP contribution in [0.4, 0.5) is 0 Å². The van der Waals surface area contributed by atoms with Crippen LogP contribution in [0.25, 0.3) is 0 Å². The van der Waals surface area contributed by atoms with Crippen LogP contribution in [0.1, 0.15) is 56.2 Å². The fraction of sp³-hybridized carbons (Fsp3) is 0.722. The molecule has 1 aliphatic heterocycles. The quantitative estimate of drug-likeness (QED) is 0.630. The molecule has 128 valence electrons. The van der Waals surface area contributed by atoms with Crippen molar-refractivity contribution in [1.82, 2.24) is 10.2 Å². The SMILES string of the molecule is S=C(NC1CCCCCC1)N(Cc1cccs1)C[C@H]1CCCO1. The van der Waals surface area contributed by atoms with E-state index in [1.165, 1.54) is 49.8 Å². The first kappa shape index (κ1) is 17.2. The van der Waals surface area contributed by atoms with Crippen LogP contribution in [0.2, 0.25) is 0 Å². The van der Waals surface area contributed by atoms with Crippen molar-refractivity contribution in [2.75, 3.05) is 13.2 Å². The van der Waals surface area contributed by atoms with Crippen molar-refractivity contribution >= 4 is 28.7 Å². The maximum absolute atomic E-state index is 5.84. The zero-order valence-corrected chi connectivity index (χ0v) is 15.5. The molecule has 23 heavy (non-hydrogen) atoms. The maximum Gasteiger partial charge on any atom is 0.169 e. The molecule has 0 aromatic carbocycles. The zero-order valence-electron chi connectivity index (χ0n) is 13.8. The molecule has 0 unspecified atom stereocenters. The average Bonchev–Trinajstić information content (AvgIpc) is 3.18. The van der Waals surface area contributed by atoms with Crippen molar-refractivity contribution in [2.45, 2.75) is 70.1 Å². The van der Waals surface area contributed by atoms with E-state index < -0.39 is 0 Å². The first-order valence-electron chi connectivity index (χ1n) is 9.00. The van der Waals surface area contributed by atoms with Gasteiger partial charge in [0.1, 0.15) is 0 Å². The summed E-state index contributed by atoms with van der Waals surface area (Å²) >= 11 is 7.58. The average molecular weight is 353 g/mol. The second-order valence-electron chi connectivity index (χ2n) is 6.73. The van der Waals surface area contributed by atoms with E-state index in [9.17, 15) is 0 Å². The van der Waals surface area contributed by atoms with Gasteiger partial charge in [-0.1, -0.05) is 31.7 Å². The van der Waals surface area contributed by atoms with Gasteiger partial charge in [0.2, 0.25) is 0 Å². The topological polar surface area (TPSA) is 24.5 Å². The first-order chi connectivity index (χ1) is 11.3. The molecule has 1 aromatic rings. The maximum atomic E-state index is 5.84. The predicted molar refractivity (Wildman–Crippen MR) is 101 cm³/mol. The van der Waals surface area contributed by atoms with E-state index >= 15 is 0 Å². The highest BCUT2D eigenvalue weighted by molar-refractivity contribution is 7.80. The monoisotopic (exact) mass is 352 g/mol. The summed E-state index contributed by atoms with van der Waals surface area (Å²) < 4.78 is 5.84. The molecule has 1 aliphatic carbocycles. The normalized spacial score (nSPS) is 22.7. The Hall–Kier alpha value is -0.650.